The summed E-state index contributed by atoms with van der Waals surface area (Å²) in [5.41, 5.74) is 0.485. The van der Waals surface area contributed by atoms with Gasteiger partial charge >= 0.3 is 0 Å². The number of carbonyl (C=O) groups excluding carboxylic acids is 1. The van der Waals surface area contributed by atoms with Crippen molar-refractivity contribution in [2.45, 2.75) is 56.8 Å². The van der Waals surface area contributed by atoms with Crippen molar-refractivity contribution in [3.05, 3.63) is 30.1 Å². The molecule has 1 aromatic rings. The van der Waals surface area contributed by atoms with Crippen molar-refractivity contribution in [2.24, 2.45) is 11.8 Å². The molecule has 0 radical (unpaired) electrons. The van der Waals surface area contributed by atoms with E-state index < -0.39 is 12.2 Å². The predicted molar refractivity (Wildman–Crippen MR) is 82.2 cm³/mol. The Labute approximate surface area is 130 Å². The molecule has 120 valence electrons. The highest BCUT2D eigenvalue weighted by Crippen LogP contribution is 2.39. The summed E-state index contributed by atoms with van der Waals surface area (Å²) in [6.45, 7) is 0. The highest BCUT2D eigenvalue weighted by Gasteiger charge is 2.45. The van der Waals surface area contributed by atoms with Gasteiger partial charge in [-0.2, -0.15) is 0 Å². The smallest absolute Gasteiger partial charge is 0.253 e. The first-order chi connectivity index (χ1) is 10.7. The second-order valence-corrected chi connectivity index (χ2v) is 6.60. The lowest BCUT2D eigenvalue weighted by Crippen LogP contribution is -2.47. The van der Waals surface area contributed by atoms with E-state index in [2.05, 4.69) is 10.3 Å². The molecule has 2 aliphatic rings. The molecule has 0 aliphatic heterocycles. The molecule has 3 N–H and O–H groups in total. The van der Waals surface area contributed by atoms with E-state index in [9.17, 15) is 15.0 Å². The number of aliphatic hydroxyl groups is 2. The average molecular weight is 304 g/mol. The lowest BCUT2D eigenvalue weighted by Gasteiger charge is -2.32. The molecule has 0 saturated heterocycles. The molecule has 2 fully saturated rings. The van der Waals surface area contributed by atoms with Crippen LogP contribution < -0.4 is 5.32 Å². The number of pyridine rings is 1. The number of carbonyl (C=O) groups is 1. The van der Waals surface area contributed by atoms with E-state index in [4.69, 9.17) is 0 Å². The van der Waals surface area contributed by atoms with Crippen LogP contribution in [0.2, 0.25) is 0 Å². The summed E-state index contributed by atoms with van der Waals surface area (Å²) in [4.78, 5) is 16.3. The largest absolute Gasteiger partial charge is 0.390 e. The first-order valence-corrected chi connectivity index (χ1v) is 8.24. The van der Waals surface area contributed by atoms with Gasteiger partial charge in [0.25, 0.3) is 5.91 Å². The molecule has 1 amide bonds. The first kappa shape index (κ1) is 15.4. The van der Waals surface area contributed by atoms with E-state index in [1.807, 2.05) is 0 Å². The lowest BCUT2D eigenvalue weighted by molar-refractivity contribution is 0.0284. The maximum atomic E-state index is 12.3. The summed E-state index contributed by atoms with van der Waals surface area (Å²) >= 11 is 0. The minimum Gasteiger partial charge on any atom is -0.390 e. The van der Waals surface area contributed by atoms with Crippen molar-refractivity contribution in [2.75, 3.05) is 0 Å². The van der Waals surface area contributed by atoms with Crippen molar-refractivity contribution in [3.63, 3.8) is 0 Å². The number of aliphatic hydroxyl groups excluding tert-OH is 2. The zero-order chi connectivity index (χ0) is 15.5. The van der Waals surface area contributed by atoms with Gasteiger partial charge in [-0.3, -0.25) is 9.78 Å². The number of amides is 1. The second-order valence-electron chi connectivity index (χ2n) is 6.60. The quantitative estimate of drug-likeness (QED) is 0.790. The van der Waals surface area contributed by atoms with E-state index in [-0.39, 0.29) is 17.9 Å². The molecule has 1 aromatic heterocycles. The van der Waals surface area contributed by atoms with E-state index in [1.165, 1.54) is 25.5 Å². The predicted octanol–water partition coefficient (Wildman–Crippen LogP) is 1.50. The number of aromatic nitrogens is 1. The minimum atomic E-state index is -0.882. The van der Waals surface area contributed by atoms with Crippen molar-refractivity contribution >= 4 is 5.91 Å². The zero-order valence-corrected chi connectivity index (χ0v) is 12.7. The summed E-state index contributed by atoms with van der Waals surface area (Å²) in [5.74, 6) is 0.415. The third-order valence-electron chi connectivity index (χ3n) is 5.21. The van der Waals surface area contributed by atoms with E-state index in [0.717, 1.165) is 12.8 Å². The molecule has 2 aliphatic carbocycles. The minimum absolute atomic E-state index is 0.158. The van der Waals surface area contributed by atoms with Gasteiger partial charge in [-0.1, -0.05) is 32.1 Å². The summed E-state index contributed by atoms with van der Waals surface area (Å²) < 4.78 is 0. The molecule has 0 aromatic carbocycles. The molecular formula is C17H24N2O3. The molecule has 3 rings (SSSR count). The molecule has 2 saturated carbocycles. The fraction of sp³-hybridized carbons (Fsp3) is 0.647. The van der Waals surface area contributed by atoms with Crippen LogP contribution in [0.5, 0.6) is 0 Å². The number of nitrogens with one attached hydrogen (secondary N) is 1. The summed E-state index contributed by atoms with van der Waals surface area (Å²) in [5, 5.41) is 23.2. The SMILES string of the molecule is O=C(N[C@H]1[C@H](O)[C@H](O)C[C@@H]1C1CCCCC1)c1cccnc1. The Morgan fingerprint density at radius 2 is 2.00 bits per heavy atom. The first-order valence-electron chi connectivity index (χ1n) is 8.24. The van der Waals surface area contributed by atoms with Crippen molar-refractivity contribution in [1.29, 1.82) is 0 Å². The Bertz CT molecular complexity index is 502. The molecular weight excluding hydrogens is 280 g/mol. The van der Waals surface area contributed by atoms with Crippen molar-refractivity contribution in [1.82, 2.24) is 10.3 Å². The maximum absolute atomic E-state index is 12.3. The Morgan fingerprint density at radius 3 is 2.68 bits per heavy atom. The van der Waals surface area contributed by atoms with Crippen molar-refractivity contribution < 1.29 is 15.0 Å². The summed E-state index contributed by atoms with van der Waals surface area (Å²) in [6.07, 6.45) is 8.02. The van der Waals surface area contributed by atoms with Crippen LogP contribution in [0.3, 0.4) is 0 Å². The Hall–Kier alpha value is -1.46. The molecule has 5 nitrogen and oxygen atoms in total. The highest BCUT2D eigenvalue weighted by molar-refractivity contribution is 5.94. The summed E-state index contributed by atoms with van der Waals surface area (Å²) in [7, 11) is 0. The van der Waals surface area contributed by atoms with Gasteiger partial charge in [0.1, 0.15) is 6.10 Å². The van der Waals surface area contributed by atoms with Crippen LogP contribution in [0.4, 0.5) is 0 Å². The highest BCUT2D eigenvalue weighted by atomic mass is 16.3. The Balaban J connectivity index is 1.72. The van der Waals surface area contributed by atoms with Crippen molar-refractivity contribution in [3.8, 4) is 0 Å². The van der Waals surface area contributed by atoms with Crippen LogP contribution in [-0.2, 0) is 0 Å². The zero-order valence-electron chi connectivity index (χ0n) is 12.7. The molecule has 4 atom stereocenters. The number of rotatable bonds is 3. The normalized spacial score (nSPS) is 32.8. The molecule has 0 unspecified atom stereocenters. The number of hydrogen-bond acceptors (Lipinski definition) is 4. The summed E-state index contributed by atoms with van der Waals surface area (Å²) in [6, 6.07) is 3.05. The van der Waals surface area contributed by atoms with Gasteiger partial charge in [0.05, 0.1) is 17.7 Å². The van der Waals surface area contributed by atoms with Gasteiger partial charge in [0.15, 0.2) is 0 Å². The maximum Gasteiger partial charge on any atom is 0.253 e. The van der Waals surface area contributed by atoms with Crippen LogP contribution in [0.1, 0.15) is 48.9 Å². The Kier molecular flexibility index (Phi) is 4.74. The van der Waals surface area contributed by atoms with E-state index in [1.54, 1.807) is 18.3 Å². The van der Waals surface area contributed by atoms with Crippen LogP contribution in [0.15, 0.2) is 24.5 Å². The van der Waals surface area contributed by atoms with Gasteiger partial charge in [-0.25, -0.2) is 0 Å². The molecule has 0 spiro atoms. The third kappa shape index (κ3) is 3.15. The number of hydrogen-bond donors (Lipinski definition) is 3. The van der Waals surface area contributed by atoms with Gasteiger partial charge in [0.2, 0.25) is 0 Å². The fourth-order valence-electron chi connectivity index (χ4n) is 4.03. The van der Waals surface area contributed by atoms with Gasteiger partial charge < -0.3 is 15.5 Å². The standard InChI is InChI=1S/C17H24N2O3/c20-14-9-13(11-5-2-1-3-6-11)15(16(14)21)19-17(22)12-7-4-8-18-10-12/h4,7-8,10-11,13-16,20-21H,1-3,5-6,9H2,(H,19,22)/t13-,14-,15-,16-/m1/s1. The Morgan fingerprint density at radius 1 is 1.23 bits per heavy atom. The molecule has 0 bridgehead atoms. The van der Waals surface area contributed by atoms with Gasteiger partial charge in [-0.05, 0) is 30.4 Å². The van der Waals surface area contributed by atoms with Gasteiger partial charge in [-0.15, -0.1) is 0 Å². The van der Waals surface area contributed by atoms with Crippen LogP contribution in [0.25, 0.3) is 0 Å². The molecule has 22 heavy (non-hydrogen) atoms. The molecule has 5 heteroatoms. The fourth-order valence-corrected chi connectivity index (χ4v) is 4.03. The van der Waals surface area contributed by atoms with Crippen LogP contribution in [0, 0.1) is 11.8 Å². The van der Waals surface area contributed by atoms with Gasteiger partial charge in [0, 0.05) is 12.4 Å². The lowest BCUT2D eigenvalue weighted by atomic mass is 9.77. The number of nitrogens with zero attached hydrogens (tertiary/aromatic N) is 1. The average Bonchev–Trinajstić information content (AvgIpc) is 2.85. The van der Waals surface area contributed by atoms with Crippen LogP contribution in [-0.4, -0.2) is 39.4 Å². The topological polar surface area (TPSA) is 82.5 Å². The monoisotopic (exact) mass is 304 g/mol. The third-order valence-corrected chi connectivity index (χ3v) is 5.21. The second kappa shape index (κ2) is 6.75. The van der Waals surface area contributed by atoms with E-state index >= 15 is 0 Å². The molecule has 1 heterocycles. The van der Waals surface area contributed by atoms with E-state index in [0.29, 0.717) is 17.9 Å². The van der Waals surface area contributed by atoms with Crippen LogP contribution >= 0.6 is 0 Å².